The molecule has 1 heterocycles. The molecule has 0 aromatic carbocycles. The third-order valence-electron chi connectivity index (χ3n) is 1.47. The topological polar surface area (TPSA) is 53.8 Å². The second-order valence-corrected chi connectivity index (χ2v) is 2.32. The van der Waals surface area contributed by atoms with Gasteiger partial charge in [0.1, 0.15) is 17.6 Å². The molecule has 14 heavy (non-hydrogen) atoms. The van der Waals surface area contributed by atoms with E-state index in [-0.39, 0.29) is 12.0 Å². The van der Waals surface area contributed by atoms with E-state index in [1.54, 1.807) is 0 Å². The Labute approximate surface area is 76.8 Å². The summed E-state index contributed by atoms with van der Waals surface area (Å²) in [6, 6.07) is 1.87. The third-order valence-corrected chi connectivity index (χ3v) is 1.47. The number of aromatic nitrogens is 1. The first kappa shape index (κ1) is 10.2. The van der Waals surface area contributed by atoms with Gasteiger partial charge >= 0.3 is 0 Å². The van der Waals surface area contributed by atoms with Crippen molar-refractivity contribution in [2.75, 3.05) is 0 Å². The predicted octanol–water partition coefficient (Wildman–Crippen LogP) is 1.84. The molecule has 6 heteroatoms. The van der Waals surface area contributed by atoms with E-state index in [9.17, 15) is 18.0 Å². The summed E-state index contributed by atoms with van der Waals surface area (Å²) in [5.74, 6) is -1.30. The van der Waals surface area contributed by atoms with Crippen LogP contribution in [0.4, 0.5) is 13.2 Å². The molecule has 0 amide bonds. The Bertz CT molecular complexity index is 412. The van der Waals surface area contributed by atoms with Gasteiger partial charge in [-0.2, -0.15) is 5.26 Å². The molecule has 0 saturated carbocycles. The maximum atomic E-state index is 12.9. The van der Waals surface area contributed by atoms with E-state index in [1.807, 2.05) is 0 Å². The second-order valence-electron chi connectivity index (χ2n) is 2.32. The van der Waals surface area contributed by atoms with Crippen LogP contribution < -0.4 is 0 Å². The van der Waals surface area contributed by atoms with E-state index in [2.05, 4.69) is 4.98 Å². The van der Waals surface area contributed by atoms with Gasteiger partial charge in [0.2, 0.25) is 0 Å². The van der Waals surface area contributed by atoms with Crippen molar-refractivity contribution in [1.29, 1.82) is 5.26 Å². The molecule has 0 atom stereocenters. The summed E-state index contributed by atoms with van der Waals surface area (Å²) in [6.07, 6.45) is -2.95. The number of carbonyl (C=O) groups excluding carboxylic acids is 1. The largest absolute Gasteiger partial charge is 0.296 e. The van der Waals surface area contributed by atoms with Gasteiger partial charge < -0.3 is 0 Å². The van der Waals surface area contributed by atoms with Crippen molar-refractivity contribution in [3.8, 4) is 6.07 Å². The highest BCUT2D eigenvalue weighted by Gasteiger charge is 2.20. The zero-order chi connectivity index (χ0) is 10.7. The number of hydrogen-bond acceptors (Lipinski definition) is 3. The first-order chi connectivity index (χ1) is 6.60. The Morgan fingerprint density at radius 2 is 2.21 bits per heavy atom. The van der Waals surface area contributed by atoms with Crippen LogP contribution in [0.2, 0.25) is 0 Å². The fourth-order valence-corrected chi connectivity index (χ4v) is 0.895. The van der Waals surface area contributed by atoms with Gasteiger partial charge in [-0.25, -0.2) is 18.2 Å². The fraction of sp³-hybridized carbons (Fsp3) is 0.125. The van der Waals surface area contributed by atoms with Crippen LogP contribution in [-0.4, -0.2) is 11.3 Å². The Kier molecular flexibility index (Phi) is 2.82. The molecular weight excluding hydrogens is 197 g/mol. The molecule has 1 rings (SSSR count). The number of nitrogens with zero attached hydrogens (tertiary/aromatic N) is 2. The molecule has 3 nitrogen and oxygen atoms in total. The molecule has 0 unspecified atom stereocenters. The minimum absolute atomic E-state index is 0.180. The summed E-state index contributed by atoms with van der Waals surface area (Å²) in [5.41, 5.74) is -2.22. The van der Waals surface area contributed by atoms with Crippen molar-refractivity contribution in [2.24, 2.45) is 0 Å². The third kappa shape index (κ3) is 1.71. The van der Waals surface area contributed by atoms with Crippen molar-refractivity contribution in [1.82, 2.24) is 4.98 Å². The van der Waals surface area contributed by atoms with Crippen molar-refractivity contribution in [2.45, 2.75) is 6.43 Å². The lowest BCUT2D eigenvalue weighted by Crippen LogP contribution is -2.02. The number of alkyl halides is 2. The minimum Gasteiger partial charge on any atom is -0.296 e. The van der Waals surface area contributed by atoms with Crippen LogP contribution in [0.3, 0.4) is 0 Å². The summed E-state index contributed by atoms with van der Waals surface area (Å²) < 4.78 is 37.3. The lowest BCUT2D eigenvalue weighted by Gasteiger charge is -2.03. The highest BCUT2D eigenvalue weighted by Crippen LogP contribution is 2.24. The summed E-state index contributed by atoms with van der Waals surface area (Å²) in [5, 5.41) is 8.38. The Hall–Kier alpha value is -1.90. The van der Waals surface area contributed by atoms with Crippen molar-refractivity contribution in [3.05, 3.63) is 28.8 Å². The monoisotopic (exact) mass is 200 g/mol. The maximum absolute atomic E-state index is 12.9. The molecule has 72 valence electrons. The van der Waals surface area contributed by atoms with Crippen molar-refractivity contribution >= 4 is 6.29 Å². The molecule has 1 aromatic rings. The molecule has 1 aromatic heterocycles. The van der Waals surface area contributed by atoms with Crippen LogP contribution in [0, 0.1) is 17.1 Å². The number of aldehydes is 1. The molecule has 0 spiro atoms. The van der Waals surface area contributed by atoms with Gasteiger partial charge in [-0.1, -0.05) is 0 Å². The summed E-state index contributed by atoms with van der Waals surface area (Å²) >= 11 is 0. The molecule has 0 aliphatic rings. The van der Waals surface area contributed by atoms with E-state index in [1.165, 1.54) is 6.07 Å². The van der Waals surface area contributed by atoms with Gasteiger partial charge in [0.05, 0.1) is 5.56 Å². The van der Waals surface area contributed by atoms with E-state index in [4.69, 9.17) is 5.26 Å². The lowest BCUT2D eigenvalue weighted by molar-refractivity contribution is 0.111. The molecule has 0 N–H and O–H groups in total. The smallest absolute Gasteiger partial charge is 0.269 e. The number of carbonyl (C=O) groups is 1. The Morgan fingerprint density at radius 1 is 1.57 bits per heavy atom. The maximum Gasteiger partial charge on any atom is 0.269 e. The normalized spacial score (nSPS) is 9.93. The van der Waals surface area contributed by atoms with Crippen LogP contribution in [0.5, 0.6) is 0 Å². The number of nitriles is 1. The fourth-order valence-electron chi connectivity index (χ4n) is 0.895. The van der Waals surface area contributed by atoms with E-state index >= 15 is 0 Å². The van der Waals surface area contributed by atoms with Crippen LogP contribution in [0.15, 0.2) is 6.07 Å². The molecule has 0 saturated heterocycles. The Morgan fingerprint density at radius 3 is 2.64 bits per heavy atom. The Balaban J connectivity index is 3.44. The van der Waals surface area contributed by atoms with Crippen molar-refractivity contribution in [3.63, 3.8) is 0 Å². The standard InChI is InChI=1S/C8H3F3N2O/c9-5-1-4(3-14)13-6(2-12)7(5)8(10)11/h1,3,8H. The van der Waals surface area contributed by atoms with Gasteiger partial charge in [-0.15, -0.1) is 0 Å². The molecule has 0 bridgehead atoms. The predicted molar refractivity (Wildman–Crippen MR) is 39.3 cm³/mol. The lowest BCUT2D eigenvalue weighted by atomic mass is 10.2. The molecule has 0 fully saturated rings. The zero-order valence-electron chi connectivity index (χ0n) is 6.67. The van der Waals surface area contributed by atoms with Crippen LogP contribution in [-0.2, 0) is 0 Å². The average molecular weight is 200 g/mol. The number of rotatable bonds is 2. The quantitative estimate of drug-likeness (QED) is 0.684. The van der Waals surface area contributed by atoms with E-state index < -0.39 is 23.5 Å². The van der Waals surface area contributed by atoms with Crippen LogP contribution in [0.25, 0.3) is 0 Å². The summed E-state index contributed by atoms with van der Waals surface area (Å²) in [4.78, 5) is 13.4. The first-order valence-electron chi connectivity index (χ1n) is 3.44. The van der Waals surface area contributed by atoms with Crippen LogP contribution in [0.1, 0.15) is 28.2 Å². The second kappa shape index (κ2) is 3.87. The van der Waals surface area contributed by atoms with Gasteiger partial charge in [-0.3, -0.25) is 4.79 Å². The van der Waals surface area contributed by atoms with Crippen LogP contribution >= 0.6 is 0 Å². The first-order valence-corrected chi connectivity index (χ1v) is 3.44. The molecular formula is C8H3F3N2O. The summed E-state index contributed by atoms with van der Waals surface area (Å²) in [6.45, 7) is 0. The van der Waals surface area contributed by atoms with Crippen molar-refractivity contribution < 1.29 is 18.0 Å². The molecule has 0 aliphatic heterocycles. The highest BCUT2D eigenvalue weighted by molar-refractivity contribution is 5.72. The summed E-state index contributed by atoms with van der Waals surface area (Å²) in [7, 11) is 0. The minimum atomic E-state index is -3.13. The number of hydrogen-bond donors (Lipinski definition) is 0. The van der Waals surface area contributed by atoms with E-state index in [0.717, 1.165) is 0 Å². The van der Waals surface area contributed by atoms with Gasteiger partial charge in [0.15, 0.2) is 12.0 Å². The SMILES string of the molecule is N#Cc1nc(C=O)cc(F)c1C(F)F. The number of halogens is 3. The average Bonchev–Trinajstić information content (AvgIpc) is 2.15. The zero-order valence-corrected chi connectivity index (χ0v) is 6.67. The van der Waals surface area contributed by atoms with Gasteiger partial charge in [-0.05, 0) is 0 Å². The highest BCUT2D eigenvalue weighted by atomic mass is 19.3. The molecule has 0 radical (unpaired) electrons. The van der Waals surface area contributed by atoms with Gasteiger partial charge in [0.25, 0.3) is 6.43 Å². The molecule has 0 aliphatic carbocycles. The number of pyridine rings is 1. The van der Waals surface area contributed by atoms with E-state index in [0.29, 0.717) is 6.07 Å². The van der Waals surface area contributed by atoms with Gasteiger partial charge in [0, 0.05) is 6.07 Å².